The van der Waals surface area contributed by atoms with Gasteiger partial charge in [0.15, 0.2) is 5.58 Å². The van der Waals surface area contributed by atoms with Crippen molar-refractivity contribution in [2.45, 2.75) is 6.92 Å². The molecular formula is C17H14FN3O4. The third-order valence-electron chi connectivity index (χ3n) is 3.70. The van der Waals surface area contributed by atoms with Gasteiger partial charge in [-0.3, -0.25) is 14.2 Å². The molecule has 0 saturated heterocycles. The van der Waals surface area contributed by atoms with Gasteiger partial charge in [0.25, 0.3) is 0 Å². The second kappa shape index (κ2) is 6.23. The smallest absolute Gasteiger partial charge is 0.408 e. The van der Waals surface area contributed by atoms with Gasteiger partial charge in [0.05, 0.1) is 11.2 Å². The number of fused-ring (bicyclic) bond motifs is 1. The molecule has 3 rings (SSSR count). The van der Waals surface area contributed by atoms with Gasteiger partial charge in [0.1, 0.15) is 5.82 Å². The molecule has 0 bridgehead atoms. The number of hydrogen-bond acceptors (Lipinski definition) is 4. The number of carbonyl (C=O) groups excluding carboxylic acids is 2. The summed E-state index contributed by atoms with van der Waals surface area (Å²) in [6, 6.07) is 9.00. The van der Waals surface area contributed by atoms with Crippen molar-refractivity contribution in [3.8, 4) is 0 Å². The minimum Gasteiger partial charge on any atom is -0.408 e. The first-order chi connectivity index (χ1) is 11.9. The zero-order valence-corrected chi connectivity index (χ0v) is 13.4. The summed E-state index contributed by atoms with van der Waals surface area (Å²) < 4.78 is 20.2. The summed E-state index contributed by atoms with van der Waals surface area (Å²) >= 11 is 0. The molecule has 7 nitrogen and oxygen atoms in total. The fraction of sp³-hybridized carbons (Fsp3) is 0.118. The van der Waals surface area contributed by atoms with Crippen LogP contribution in [0.3, 0.4) is 0 Å². The fourth-order valence-corrected chi connectivity index (χ4v) is 2.32. The average molecular weight is 343 g/mol. The van der Waals surface area contributed by atoms with Crippen LogP contribution in [0.2, 0.25) is 0 Å². The maximum absolute atomic E-state index is 13.9. The number of halogens is 1. The van der Waals surface area contributed by atoms with E-state index in [1.807, 2.05) is 0 Å². The van der Waals surface area contributed by atoms with Gasteiger partial charge in [-0.05, 0) is 30.7 Å². The van der Waals surface area contributed by atoms with Gasteiger partial charge in [-0.2, -0.15) is 0 Å². The summed E-state index contributed by atoms with van der Waals surface area (Å²) in [5.74, 6) is -3.13. The Hall–Kier alpha value is -3.42. The maximum atomic E-state index is 13.9. The van der Waals surface area contributed by atoms with Crippen molar-refractivity contribution in [3.05, 3.63) is 58.3 Å². The zero-order chi connectivity index (χ0) is 18.1. The van der Waals surface area contributed by atoms with Crippen LogP contribution in [0.5, 0.6) is 0 Å². The van der Waals surface area contributed by atoms with E-state index in [1.165, 1.54) is 22.8 Å². The van der Waals surface area contributed by atoms with Crippen molar-refractivity contribution < 1.29 is 18.4 Å². The fourth-order valence-electron chi connectivity index (χ4n) is 2.32. The van der Waals surface area contributed by atoms with E-state index in [9.17, 15) is 18.8 Å². The van der Waals surface area contributed by atoms with E-state index in [2.05, 4.69) is 10.6 Å². The van der Waals surface area contributed by atoms with Gasteiger partial charge in [0, 0.05) is 18.8 Å². The Morgan fingerprint density at radius 1 is 1.12 bits per heavy atom. The molecule has 3 aromatic rings. The number of hydrogen-bond donors (Lipinski definition) is 2. The van der Waals surface area contributed by atoms with E-state index < -0.39 is 23.4 Å². The van der Waals surface area contributed by atoms with Gasteiger partial charge in [-0.15, -0.1) is 0 Å². The molecule has 2 N–H and O–H groups in total. The lowest BCUT2D eigenvalue weighted by Crippen LogP contribution is -2.29. The Bertz CT molecular complexity index is 1050. The van der Waals surface area contributed by atoms with Crippen LogP contribution in [-0.4, -0.2) is 16.4 Å². The minimum absolute atomic E-state index is 0.0790. The molecule has 2 aromatic carbocycles. The Morgan fingerprint density at radius 2 is 1.84 bits per heavy atom. The van der Waals surface area contributed by atoms with Gasteiger partial charge < -0.3 is 15.1 Å². The minimum atomic E-state index is -1.01. The average Bonchev–Trinajstić information content (AvgIpc) is 2.85. The highest BCUT2D eigenvalue weighted by molar-refractivity contribution is 6.43. The van der Waals surface area contributed by atoms with Gasteiger partial charge in [-0.25, -0.2) is 9.18 Å². The molecule has 0 spiro atoms. The molecule has 0 radical (unpaired) electrons. The highest BCUT2D eigenvalue weighted by Crippen LogP contribution is 2.19. The number of nitrogens with zero attached hydrogens (tertiary/aromatic N) is 1. The number of oxazole rings is 1. The molecule has 0 aliphatic rings. The van der Waals surface area contributed by atoms with E-state index in [-0.39, 0.29) is 17.0 Å². The van der Waals surface area contributed by atoms with E-state index in [1.54, 1.807) is 32.2 Å². The van der Waals surface area contributed by atoms with Gasteiger partial charge >= 0.3 is 17.6 Å². The molecule has 2 amide bonds. The lowest BCUT2D eigenvalue weighted by atomic mass is 10.2. The Balaban J connectivity index is 1.76. The second-order valence-electron chi connectivity index (χ2n) is 5.45. The first kappa shape index (κ1) is 16.4. The van der Waals surface area contributed by atoms with Crippen molar-refractivity contribution in [1.82, 2.24) is 4.57 Å². The summed E-state index contributed by atoms with van der Waals surface area (Å²) in [6.45, 7) is 1.55. The third-order valence-corrected chi connectivity index (χ3v) is 3.70. The van der Waals surface area contributed by atoms with E-state index in [4.69, 9.17) is 4.42 Å². The van der Waals surface area contributed by atoms with Crippen LogP contribution in [0.25, 0.3) is 11.1 Å². The van der Waals surface area contributed by atoms with Crippen LogP contribution in [0.15, 0.2) is 45.6 Å². The normalized spacial score (nSPS) is 10.7. The molecule has 1 heterocycles. The summed E-state index contributed by atoms with van der Waals surface area (Å²) in [7, 11) is 1.55. The molecule has 0 unspecified atom stereocenters. The number of rotatable bonds is 2. The molecule has 1 aromatic heterocycles. The highest BCUT2D eigenvalue weighted by atomic mass is 19.1. The summed E-state index contributed by atoms with van der Waals surface area (Å²) in [5, 5.41) is 4.59. The van der Waals surface area contributed by atoms with Crippen LogP contribution in [0.4, 0.5) is 15.8 Å². The molecule has 8 heteroatoms. The van der Waals surface area contributed by atoms with Crippen LogP contribution in [-0.2, 0) is 16.6 Å². The Kier molecular flexibility index (Phi) is 4.10. The van der Waals surface area contributed by atoms with Gasteiger partial charge in [-0.1, -0.05) is 12.1 Å². The molecule has 0 aliphatic carbocycles. The van der Waals surface area contributed by atoms with Crippen molar-refractivity contribution in [2.24, 2.45) is 7.05 Å². The molecule has 25 heavy (non-hydrogen) atoms. The maximum Gasteiger partial charge on any atom is 0.419 e. The number of nitrogens with one attached hydrogen (secondary N) is 2. The standard InChI is InChI=1S/C17H14FN3O4/c1-9-4-3-5-11(14(9)18)20-16(23)15(22)19-10-6-7-12-13(8-10)25-17(24)21(12)2/h3-8H,1-2H3,(H,19,22)(H,20,23). The van der Waals surface area contributed by atoms with E-state index >= 15 is 0 Å². The van der Waals surface area contributed by atoms with Crippen molar-refractivity contribution in [1.29, 1.82) is 0 Å². The topological polar surface area (TPSA) is 93.3 Å². The zero-order valence-electron chi connectivity index (χ0n) is 13.4. The van der Waals surface area contributed by atoms with Crippen molar-refractivity contribution in [3.63, 3.8) is 0 Å². The number of carbonyl (C=O) groups is 2. The first-order valence-electron chi connectivity index (χ1n) is 7.34. The summed E-state index contributed by atoms with van der Waals surface area (Å²) in [4.78, 5) is 35.4. The highest BCUT2D eigenvalue weighted by Gasteiger charge is 2.17. The molecule has 0 fully saturated rings. The molecule has 128 valence electrons. The molecule has 0 atom stereocenters. The van der Waals surface area contributed by atoms with Crippen molar-refractivity contribution in [2.75, 3.05) is 10.6 Å². The van der Waals surface area contributed by atoms with Crippen LogP contribution in [0, 0.1) is 12.7 Å². The lowest BCUT2D eigenvalue weighted by Gasteiger charge is -2.08. The lowest BCUT2D eigenvalue weighted by molar-refractivity contribution is -0.133. The van der Waals surface area contributed by atoms with E-state index in [0.717, 1.165) is 0 Å². The van der Waals surface area contributed by atoms with E-state index in [0.29, 0.717) is 11.1 Å². The SMILES string of the molecule is Cc1cccc(NC(=O)C(=O)Nc2ccc3c(c2)oc(=O)n3C)c1F. The number of anilines is 2. The first-order valence-corrected chi connectivity index (χ1v) is 7.34. The monoisotopic (exact) mass is 343 g/mol. The Labute approximate surface area is 141 Å². The van der Waals surface area contributed by atoms with Crippen molar-refractivity contribution >= 4 is 34.3 Å². The largest absolute Gasteiger partial charge is 0.419 e. The summed E-state index contributed by atoms with van der Waals surface area (Å²) in [6.07, 6.45) is 0. The molecule has 0 aliphatic heterocycles. The molecular weight excluding hydrogens is 329 g/mol. The quantitative estimate of drug-likeness (QED) is 0.697. The Morgan fingerprint density at radius 3 is 2.60 bits per heavy atom. The third kappa shape index (κ3) is 3.14. The number of aromatic nitrogens is 1. The summed E-state index contributed by atoms with van der Waals surface area (Å²) in [5.41, 5.74) is 1.36. The van der Waals surface area contributed by atoms with Crippen LogP contribution < -0.4 is 16.4 Å². The van der Waals surface area contributed by atoms with Crippen LogP contribution in [0.1, 0.15) is 5.56 Å². The van der Waals surface area contributed by atoms with Crippen LogP contribution >= 0.6 is 0 Å². The number of benzene rings is 2. The number of amides is 2. The molecule has 0 saturated carbocycles. The van der Waals surface area contributed by atoms with Gasteiger partial charge in [0.2, 0.25) is 0 Å². The predicted molar refractivity (Wildman–Crippen MR) is 89.9 cm³/mol. The second-order valence-corrected chi connectivity index (χ2v) is 5.45. The number of aryl methyl sites for hydroxylation is 2. The predicted octanol–water partition coefficient (Wildman–Crippen LogP) is 2.16.